The van der Waals surface area contributed by atoms with Gasteiger partial charge in [-0.15, -0.1) is 0 Å². The number of hydrogen-bond donors (Lipinski definition) is 1. The summed E-state index contributed by atoms with van der Waals surface area (Å²) in [5, 5.41) is 8.23. The molecule has 1 N–H and O–H groups in total. The molecule has 58 valence electrons. The van der Waals surface area contributed by atoms with Crippen LogP contribution in [0.4, 0.5) is 0 Å². The summed E-state index contributed by atoms with van der Waals surface area (Å²) in [6.45, 7) is 5.66. The molecular weight excluding hydrogens is 152 g/mol. The highest BCUT2D eigenvalue weighted by atomic mass is 35.5. The second-order valence-corrected chi connectivity index (χ2v) is 3.57. The first kappa shape index (κ1) is 9.50. The van der Waals surface area contributed by atoms with Crippen LogP contribution in [0.3, 0.4) is 0 Å². The van der Waals surface area contributed by atoms with Gasteiger partial charge in [0.15, 0.2) is 0 Å². The lowest BCUT2D eigenvalue weighted by Gasteiger charge is -2.11. The number of hydrogen-bond acceptors (Lipinski definition) is 1. The summed E-state index contributed by atoms with van der Waals surface area (Å²) in [6.07, 6.45) is 1.51. The van der Waals surface area contributed by atoms with E-state index in [2.05, 4.69) is 0 Å². The monoisotopic (exact) mass is 162 g/mol. The van der Waals surface area contributed by atoms with E-state index in [0.717, 1.165) is 0 Å². The molecule has 0 saturated heterocycles. The van der Waals surface area contributed by atoms with Crippen LogP contribution in [0.5, 0.6) is 0 Å². The van der Waals surface area contributed by atoms with Gasteiger partial charge in [0.05, 0.1) is 0 Å². The highest BCUT2D eigenvalue weighted by molar-refractivity contribution is 6.40. The highest BCUT2D eigenvalue weighted by Gasteiger charge is 2.10. The minimum Gasteiger partial charge on any atom is -0.477 e. The van der Waals surface area contributed by atoms with Crippen LogP contribution in [-0.2, 0) is 4.79 Å². The molecule has 0 aliphatic heterocycles. The van der Waals surface area contributed by atoms with E-state index in [9.17, 15) is 4.79 Å². The van der Waals surface area contributed by atoms with Crippen LogP contribution >= 0.6 is 11.6 Å². The molecule has 0 bridgehead atoms. The molecular formula is C7H11ClO2. The lowest BCUT2D eigenvalue weighted by Crippen LogP contribution is -2.04. The van der Waals surface area contributed by atoms with Crippen molar-refractivity contribution in [2.75, 3.05) is 0 Å². The van der Waals surface area contributed by atoms with Gasteiger partial charge < -0.3 is 5.11 Å². The number of carbonyl (C=O) groups is 1. The first-order valence-electron chi connectivity index (χ1n) is 2.94. The highest BCUT2D eigenvalue weighted by Crippen LogP contribution is 2.19. The Balaban J connectivity index is 4.32. The number of aliphatic carboxylic acids is 1. The van der Waals surface area contributed by atoms with Gasteiger partial charge in [0, 0.05) is 0 Å². The average Bonchev–Trinajstić information content (AvgIpc) is 1.60. The topological polar surface area (TPSA) is 37.3 Å². The van der Waals surface area contributed by atoms with Gasteiger partial charge in [-0.3, -0.25) is 0 Å². The van der Waals surface area contributed by atoms with Gasteiger partial charge in [0.1, 0.15) is 5.03 Å². The van der Waals surface area contributed by atoms with E-state index in [1.54, 1.807) is 0 Å². The van der Waals surface area contributed by atoms with E-state index >= 15 is 0 Å². The van der Waals surface area contributed by atoms with Crippen molar-refractivity contribution in [3.8, 4) is 0 Å². The zero-order valence-electron chi connectivity index (χ0n) is 6.31. The van der Waals surface area contributed by atoms with E-state index in [-0.39, 0.29) is 10.4 Å². The molecule has 0 fully saturated rings. The first-order valence-corrected chi connectivity index (χ1v) is 3.32. The predicted molar refractivity (Wildman–Crippen MR) is 41.0 cm³/mol. The summed E-state index contributed by atoms with van der Waals surface area (Å²) in [6, 6.07) is 0. The summed E-state index contributed by atoms with van der Waals surface area (Å²) in [4.78, 5) is 10.2. The fraction of sp³-hybridized carbons (Fsp3) is 0.571. The van der Waals surface area contributed by atoms with Crippen LogP contribution in [0.1, 0.15) is 20.8 Å². The maximum atomic E-state index is 10.2. The van der Waals surface area contributed by atoms with Crippen molar-refractivity contribution in [2.24, 2.45) is 5.41 Å². The van der Waals surface area contributed by atoms with Crippen LogP contribution in [0.25, 0.3) is 0 Å². The molecule has 10 heavy (non-hydrogen) atoms. The Bertz CT molecular complexity index is 165. The van der Waals surface area contributed by atoms with Gasteiger partial charge >= 0.3 is 5.97 Å². The van der Waals surface area contributed by atoms with E-state index in [1.165, 1.54) is 6.08 Å². The minimum atomic E-state index is -1.07. The fourth-order valence-corrected chi connectivity index (χ4v) is 0.769. The lowest BCUT2D eigenvalue weighted by atomic mass is 9.96. The zero-order valence-corrected chi connectivity index (χ0v) is 7.07. The average molecular weight is 163 g/mol. The molecule has 0 amide bonds. The molecule has 0 heterocycles. The first-order chi connectivity index (χ1) is 4.33. The maximum absolute atomic E-state index is 10.2. The molecule has 0 saturated carbocycles. The van der Waals surface area contributed by atoms with E-state index in [4.69, 9.17) is 16.7 Å². The Kier molecular flexibility index (Phi) is 2.91. The van der Waals surface area contributed by atoms with Gasteiger partial charge in [-0.1, -0.05) is 38.4 Å². The maximum Gasteiger partial charge on any atom is 0.346 e. The molecule has 0 aromatic heterocycles. The molecule has 0 aromatic rings. The summed E-state index contributed by atoms with van der Waals surface area (Å²) >= 11 is 5.36. The van der Waals surface area contributed by atoms with Crippen molar-refractivity contribution in [3.63, 3.8) is 0 Å². The number of rotatable bonds is 1. The van der Waals surface area contributed by atoms with Crippen LogP contribution < -0.4 is 0 Å². The van der Waals surface area contributed by atoms with Crippen molar-refractivity contribution in [3.05, 3.63) is 11.1 Å². The Morgan fingerprint density at radius 1 is 1.50 bits per heavy atom. The van der Waals surface area contributed by atoms with Crippen molar-refractivity contribution < 1.29 is 9.90 Å². The molecule has 0 aromatic carbocycles. The minimum absolute atomic E-state index is 0.118. The third-order valence-electron chi connectivity index (χ3n) is 0.764. The van der Waals surface area contributed by atoms with E-state index in [1.807, 2.05) is 20.8 Å². The summed E-state index contributed by atoms with van der Waals surface area (Å²) in [5.74, 6) is -1.07. The van der Waals surface area contributed by atoms with Crippen molar-refractivity contribution in [1.82, 2.24) is 0 Å². The van der Waals surface area contributed by atoms with Gasteiger partial charge in [-0.05, 0) is 5.41 Å². The summed E-state index contributed by atoms with van der Waals surface area (Å²) < 4.78 is 0. The van der Waals surface area contributed by atoms with Crippen molar-refractivity contribution in [2.45, 2.75) is 20.8 Å². The van der Waals surface area contributed by atoms with Crippen molar-refractivity contribution in [1.29, 1.82) is 0 Å². The van der Waals surface area contributed by atoms with E-state index < -0.39 is 5.97 Å². The van der Waals surface area contributed by atoms with Crippen molar-refractivity contribution >= 4 is 17.6 Å². The predicted octanol–water partition coefficient (Wildman–Crippen LogP) is 2.24. The molecule has 0 aliphatic carbocycles. The largest absolute Gasteiger partial charge is 0.477 e. The van der Waals surface area contributed by atoms with Crippen LogP contribution in [0.15, 0.2) is 11.1 Å². The third kappa shape index (κ3) is 4.39. The Labute approximate surface area is 65.5 Å². The molecule has 3 heteroatoms. The van der Waals surface area contributed by atoms with Gasteiger partial charge in [-0.25, -0.2) is 4.79 Å². The van der Waals surface area contributed by atoms with Crippen LogP contribution in [0.2, 0.25) is 0 Å². The third-order valence-corrected chi connectivity index (χ3v) is 1.03. The normalized spacial score (nSPS) is 13.4. The van der Waals surface area contributed by atoms with Gasteiger partial charge in [0.25, 0.3) is 0 Å². The number of carboxylic acids is 1. The number of allylic oxidation sites excluding steroid dienone is 1. The van der Waals surface area contributed by atoms with Crippen LogP contribution in [0, 0.1) is 5.41 Å². The SMILES string of the molecule is CC(C)(C)C=C(Cl)C(=O)O. The quantitative estimate of drug-likeness (QED) is 0.601. The van der Waals surface area contributed by atoms with Crippen LogP contribution in [-0.4, -0.2) is 11.1 Å². The Morgan fingerprint density at radius 3 is 2.00 bits per heavy atom. The fourth-order valence-electron chi connectivity index (χ4n) is 0.442. The molecule has 2 nitrogen and oxygen atoms in total. The van der Waals surface area contributed by atoms with Gasteiger partial charge in [-0.2, -0.15) is 0 Å². The molecule has 0 unspecified atom stereocenters. The zero-order chi connectivity index (χ0) is 8.36. The molecule has 0 atom stereocenters. The van der Waals surface area contributed by atoms with Gasteiger partial charge in [0.2, 0.25) is 0 Å². The smallest absolute Gasteiger partial charge is 0.346 e. The van der Waals surface area contributed by atoms with E-state index in [0.29, 0.717) is 0 Å². The molecule has 0 spiro atoms. The number of carboxylic acid groups (broad SMARTS) is 1. The number of halogens is 1. The molecule has 0 aliphatic rings. The molecule has 0 rings (SSSR count). The summed E-state index contributed by atoms with van der Waals surface area (Å²) in [5.41, 5.74) is -0.171. The summed E-state index contributed by atoms with van der Waals surface area (Å²) in [7, 11) is 0. The lowest BCUT2D eigenvalue weighted by molar-refractivity contribution is -0.131. The Hall–Kier alpha value is -0.500. The molecule has 0 radical (unpaired) electrons. The standard InChI is InChI=1S/C7H11ClO2/c1-7(2,3)4-5(8)6(9)10/h4H,1-3H3,(H,9,10). The second-order valence-electron chi connectivity index (χ2n) is 3.16. The Morgan fingerprint density at radius 2 is 1.90 bits per heavy atom. The second kappa shape index (κ2) is 3.06.